The third kappa shape index (κ3) is 5.80. The topological polar surface area (TPSA) is 102 Å². The molecule has 0 amide bonds. The highest BCUT2D eigenvalue weighted by atomic mass is 16.6. The standard InChI is InChI=1S/C7H13N3O3/c1-7(2,11)5-9-4-6(3-8)10(12)13/h3-4,11H,5,8H2,1-2H3. The van der Waals surface area contributed by atoms with E-state index in [-0.39, 0.29) is 12.2 Å². The molecule has 0 fully saturated rings. The fourth-order valence-electron chi connectivity index (χ4n) is 0.514. The second-order valence-electron chi connectivity index (χ2n) is 3.13. The molecule has 74 valence electrons. The molecule has 0 aliphatic heterocycles. The maximum Gasteiger partial charge on any atom is 0.302 e. The van der Waals surface area contributed by atoms with E-state index in [1.165, 1.54) is 0 Å². The summed E-state index contributed by atoms with van der Waals surface area (Å²) in [5.41, 5.74) is 3.71. The Bertz CT molecular complexity index is 240. The SMILES string of the molecule is CC(C)(O)CN=CC(=CN)[N+](=O)[O-]. The summed E-state index contributed by atoms with van der Waals surface area (Å²) in [6.07, 6.45) is 1.88. The molecule has 0 unspecified atom stereocenters. The van der Waals surface area contributed by atoms with E-state index in [0.717, 1.165) is 12.4 Å². The minimum absolute atomic E-state index is 0.0954. The van der Waals surface area contributed by atoms with Crippen molar-refractivity contribution in [3.05, 3.63) is 22.0 Å². The molecule has 6 heteroatoms. The monoisotopic (exact) mass is 187 g/mol. The Morgan fingerprint density at radius 1 is 1.77 bits per heavy atom. The van der Waals surface area contributed by atoms with Crippen molar-refractivity contribution in [1.29, 1.82) is 0 Å². The van der Waals surface area contributed by atoms with E-state index in [0.29, 0.717) is 0 Å². The van der Waals surface area contributed by atoms with Crippen molar-refractivity contribution in [3.8, 4) is 0 Å². The number of hydrogen-bond acceptors (Lipinski definition) is 5. The van der Waals surface area contributed by atoms with Gasteiger partial charge in [0.2, 0.25) is 0 Å². The second kappa shape index (κ2) is 4.56. The lowest BCUT2D eigenvalue weighted by Gasteiger charge is -2.12. The summed E-state index contributed by atoms with van der Waals surface area (Å²) < 4.78 is 0. The Labute approximate surface area is 75.9 Å². The van der Waals surface area contributed by atoms with Crippen LogP contribution in [0.1, 0.15) is 13.8 Å². The van der Waals surface area contributed by atoms with E-state index < -0.39 is 10.5 Å². The van der Waals surface area contributed by atoms with Gasteiger partial charge in [-0.2, -0.15) is 0 Å². The summed E-state index contributed by atoms with van der Waals surface area (Å²) >= 11 is 0. The van der Waals surface area contributed by atoms with Crippen molar-refractivity contribution in [1.82, 2.24) is 0 Å². The first-order chi connectivity index (χ1) is 5.87. The fourth-order valence-corrected chi connectivity index (χ4v) is 0.514. The number of allylic oxidation sites excluding steroid dienone is 1. The molecule has 0 saturated heterocycles. The number of nitrogens with zero attached hydrogens (tertiary/aromatic N) is 2. The van der Waals surface area contributed by atoms with Crippen molar-refractivity contribution in [2.24, 2.45) is 10.7 Å². The molecule has 0 radical (unpaired) electrons. The van der Waals surface area contributed by atoms with Crippen LogP contribution in [0.3, 0.4) is 0 Å². The number of nitrogens with two attached hydrogens (primary N) is 1. The molecule has 0 aliphatic carbocycles. The lowest BCUT2D eigenvalue weighted by molar-refractivity contribution is -0.414. The minimum atomic E-state index is -0.965. The third-order valence-corrected chi connectivity index (χ3v) is 1.08. The van der Waals surface area contributed by atoms with Crippen LogP contribution in [0.15, 0.2) is 16.9 Å². The summed E-state index contributed by atoms with van der Waals surface area (Å²) in [4.78, 5) is 13.2. The first-order valence-corrected chi connectivity index (χ1v) is 3.65. The van der Waals surface area contributed by atoms with E-state index in [1.54, 1.807) is 13.8 Å². The second-order valence-corrected chi connectivity index (χ2v) is 3.13. The van der Waals surface area contributed by atoms with E-state index in [4.69, 9.17) is 5.73 Å². The predicted octanol–water partition coefficient (Wildman–Crippen LogP) is -0.0951. The Morgan fingerprint density at radius 2 is 2.31 bits per heavy atom. The molecular formula is C7H13N3O3. The van der Waals surface area contributed by atoms with Crippen molar-refractivity contribution < 1.29 is 10.0 Å². The summed E-state index contributed by atoms with van der Waals surface area (Å²) in [6.45, 7) is 3.21. The Balaban J connectivity index is 4.20. The first-order valence-electron chi connectivity index (χ1n) is 3.65. The first kappa shape index (κ1) is 11.6. The van der Waals surface area contributed by atoms with Crippen LogP contribution >= 0.6 is 0 Å². The average Bonchev–Trinajstić information content (AvgIpc) is 1.95. The molecule has 0 rings (SSSR count). The number of rotatable bonds is 4. The van der Waals surface area contributed by atoms with Crippen LogP contribution in [0.5, 0.6) is 0 Å². The molecular weight excluding hydrogens is 174 g/mol. The quantitative estimate of drug-likeness (QED) is 0.364. The van der Waals surface area contributed by atoms with Gasteiger partial charge < -0.3 is 10.8 Å². The highest BCUT2D eigenvalue weighted by molar-refractivity contribution is 5.75. The molecule has 0 spiro atoms. The van der Waals surface area contributed by atoms with Gasteiger partial charge in [0.1, 0.15) is 6.21 Å². The van der Waals surface area contributed by atoms with Gasteiger partial charge in [0, 0.05) is 0 Å². The highest BCUT2D eigenvalue weighted by Crippen LogP contribution is 2.00. The van der Waals surface area contributed by atoms with Gasteiger partial charge in [-0.15, -0.1) is 0 Å². The smallest absolute Gasteiger partial charge is 0.302 e. The molecule has 6 nitrogen and oxygen atoms in total. The van der Waals surface area contributed by atoms with Gasteiger partial charge in [-0.1, -0.05) is 0 Å². The fraction of sp³-hybridized carbons (Fsp3) is 0.571. The Kier molecular flexibility index (Phi) is 4.06. The molecule has 0 saturated carbocycles. The Hall–Kier alpha value is -1.43. The van der Waals surface area contributed by atoms with E-state index in [1.807, 2.05) is 0 Å². The van der Waals surface area contributed by atoms with E-state index in [9.17, 15) is 15.2 Å². The predicted molar refractivity (Wildman–Crippen MR) is 48.9 cm³/mol. The van der Waals surface area contributed by atoms with Gasteiger partial charge in [-0.05, 0) is 13.8 Å². The van der Waals surface area contributed by atoms with Crippen LogP contribution < -0.4 is 5.73 Å². The van der Waals surface area contributed by atoms with Crippen molar-refractivity contribution in [2.75, 3.05) is 6.54 Å². The third-order valence-electron chi connectivity index (χ3n) is 1.08. The van der Waals surface area contributed by atoms with Gasteiger partial charge in [-0.25, -0.2) is 0 Å². The van der Waals surface area contributed by atoms with Gasteiger partial charge in [0.15, 0.2) is 0 Å². The van der Waals surface area contributed by atoms with Crippen LogP contribution in [0.25, 0.3) is 0 Å². The molecule has 0 aromatic carbocycles. The highest BCUT2D eigenvalue weighted by Gasteiger charge is 2.11. The van der Waals surface area contributed by atoms with E-state index in [2.05, 4.69) is 4.99 Å². The summed E-state index contributed by atoms with van der Waals surface area (Å²) in [5, 5.41) is 19.4. The Morgan fingerprint density at radius 3 is 2.62 bits per heavy atom. The van der Waals surface area contributed by atoms with Crippen molar-refractivity contribution >= 4 is 6.21 Å². The number of nitro groups is 1. The van der Waals surface area contributed by atoms with Gasteiger partial charge >= 0.3 is 5.70 Å². The number of hydrogen-bond donors (Lipinski definition) is 2. The maximum atomic E-state index is 10.2. The number of aliphatic hydroxyl groups is 1. The zero-order valence-corrected chi connectivity index (χ0v) is 7.60. The average molecular weight is 187 g/mol. The summed E-state index contributed by atoms with van der Waals surface area (Å²) in [6, 6.07) is 0. The van der Waals surface area contributed by atoms with Crippen molar-refractivity contribution in [3.63, 3.8) is 0 Å². The molecule has 3 N–H and O–H groups in total. The van der Waals surface area contributed by atoms with Crippen LogP contribution in [0.4, 0.5) is 0 Å². The summed E-state index contributed by atoms with van der Waals surface area (Å²) in [5.74, 6) is 0. The van der Waals surface area contributed by atoms with Crippen LogP contribution in [-0.4, -0.2) is 28.4 Å². The molecule has 0 aliphatic rings. The van der Waals surface area contributed by atoms with Crippen molar-refractivity contribution in [2.45, 2.75) is 19.4 Å². The summed E-state index contributed by atoms with van der Waals surface area (Å²) in [7, 11) is 0. The lowest BCUT2D eigenvalue weighted by Crippen LogP contribution is -2.22. The zero-order valence-electron chi connectivity index (χ0n) is 7.60. The lowest BCUT2D eigenvalue weighted by atomic mass is 10.1. The van der Waals surface area contributed by atoms with Gasteiger partial charge in [0.05, 0.1) is 23.3 Å². The molecule has 0 bridgehead atoms. The largest absolute Gasteiger partial charge is 0.399 e. The molecule has 13 heavy (non-hydrogen) atoms. The van der Waals surface area contributed by atoms with Crippen LogP contribution in [0, 0.1) is 10.1 Å². The van der Waals surface area contributed by atoms with Gasteiger partial charge in [0.25, 0.3) is 0 Å². The van der Waals surface area contributed by atoms with Crippen LogP contribution in [0.2, 0.25) is 0 Å². The normalized spacial score (nSPS) is 13.6. The molecule has 0 aromatic rings. The van der Waals surface area contributed by atoms with Gasteiger partial charge in [-0.3, -0.25) is 15.1 Å². The van der Waals surface area contributed by atoms with E-state index >= 15 is 0 Å². The maximum absolute atomic E-state index is 10.2. The zero-order chi connectivity index (χ0) is 10.5. The number of aliphatic imine (C=N–C) groups is 1. The molecule has 0 aromatic heterocycles. The molecule has 0 atom stereocenters. The molecule has 0 heterocycles. The van der Waals surface area contributed by atoms with Crippen LogP contribution in [-0.2, 0) is 0 Å². The minimum Gasteiger partial charge on any atom is -0.399 e.